The fourth-order valence-electron chi connectivity index (χ4n) is 3.67. The Balaban J connectivity index is 1.51. The maximum atomic E-state index is 12.7. The highest BCUT2D eigenvalue weighted by Crippen LogP contribution is 2.37. The van der Waals surface area contributed by atoms with Gasteiger partial charge in [0, 0.05) is 22.7 Å². The zero-order chi connectivity index (χ0) is 19.5. The van der Waals surface area contributed by atoms with Crippen LogP contribution >= 0.6 is 11.3 Å². The Morgan fingerprint density at radius 2 is 1.82 bits per heavy atom. The maximum Gasteiger partial charge on any atom is 0.248 e. The number of anilines is 1. The minimum Gasteiger partial charge on any atom is -0.366 e. The molecule has 2 aromatic carbocycles. The molecule has 0 bridgehead atoms. The zero-order valence-corrected chi connectivity index (χ0v) is 16.1. The van der Waals surface area contributed by atoms with Crippen molar-refractivity contribution in [2.24, 2.45) is 5.73 Å². The van der Waals surface area contributed by atoms with Gasteiger partial charge in [-0.25, -0.2) is 0 Å². The Kier molecular flexibility index (Phi) is 5.23. The first-order valence-electron chi connectivity index (χ1n) is 9.17. The third kappa shape index (κ3) is 3.83. The second kappa shape index (κ2) is 7.96. The number of nitrogens with zero attached hydrogens (tertiary/aromatic N) is 1. The predicted octanol–water partition coefficient (Wildman–Crippen LogP) is 3.43. The average Bonchev–Trinajstić information content (AvgIpc) is 3.17. The van der Waals surface area contributed by atoms with Crippen LogP contribution < -0.4 is 11.1 Å². The molecule has 0 saturated heterocycles. The van der Waals surface area contributed by atoms with Gasteiger partial charge in [-0.2, -0.15) is 0 Å². The molecule has 1 atom stereocenters. The van der Waals surface area contributed by atoms with Crippen LogP contribution in [0.25, 0.3) is 0 Å². The van der Waals surface area contributed by atoms with Crippen LogP contribution in [-0.4, -0.2) is 29.8 Å². The smallest absolute Gasteiger partial charge is 0.248 e. The van der Waals surface area contributed by atoms with Crippen LogP contribution in [0.2, 0.25) is 0 Å². The molecule has 1 aromatic heterocycles. The molecule has 0 fully saturated rings. The number of amides is 2. The minimum absolute atomic E-state index is 0.0774. The molecule has 28 heavy (non-hydrogen) atoms. The third-order valence-corrected chi connectivity index (χ3v) is 5.98. The van der Waals surface area contributed by atoms with Crippen molar-refractivity contribution in [1.82, 2.24) is 4.90 Å². The summed E-state index contributed by atoms with van der Waals surface area (Å²) in [6.07, 6.45) is 0.955. The van der Waals surface area contributed by atoms with Crippen LogP contribution in [-0.2, 0) is 11.2 Å². The number of thiophene rings is 1. The highest BCUT2D eigenvalue weighted by Gasteiger charge is 2.30. The van der Waals surface area contributed by atoms with Crippen molar-refractivity contribution in [3.63, 3.8) is 0 Å². The first-order valence-corrected chi connectivity index (χ1v) is 10.0. The number of hydrogen-bond acceptors (Lipinski definition) is 4. The lowest BCUT2D eigenvalue weighted by molar-refractivity contribution is -0.117. The van der Waals surface area contributed by atoms with Gasteiger partial charge >= 0.3 is 0 Å². The number of carbonyl (C=O) groups excluding carboxylic acids is 2. The lowest BCUT2D eigenvalue weighted by Crippen LogP contribution is -2.40. The molecule has 0 saturated carbocycles. The Morgan fingerprint density at radius 3 is 2.54 bits per heavy atom. The number of carbonyl (C=O) groups is 2. The number of benzene rings is 2. The Morgan fingerprint density at radius 1 is 1.07 bits per heavy atom. The van der Waals surface area contributed by atoms with Crippen molar-refractivity contribution < 1.29 is 9.59 Å². The quantitative estimate of drug-likeness (QED) is 0.700. The van der Waals surface area contributed by atoms with Crippen LogP contribution in [0.15, 0.2) is 66.0 Å². The van der Waals surface area contributed by atoms with E-state index in [1.807, 2.05) is 18.2 Å². The molecule has 3 N–H and O–H groups in total. The molecule has 1 unspecified atom stereocenters. The molecule has 0 spiro atoms. The maximum absolute atomic E-state index is 12.7. The minimum atomic E-state index is -0.483. The van der Waals surface area contributed by atoms with Crippen LogP contribution in [0.1, 0.15) is 32.4 Å². The summed E-state index contributed by atoms with van der Waals surface area (Å²) in [5.74, 6) is -0.560. The third-order valence-electron chi connectivity index (χ3n) is 4.98. The molecule has 142 valence electrons. The summed E-state index contributed by atoms with van der Waals surface area (Å²) in [6.45, 7) is 1.13. The number of nitrogens with two attached hydrogens (primary N) is 1. The van der Waals surface area contributed by atoms with E-state index >= 15 is 0 Å². The lowest BCUT2D eigenvalue weighted by Gasteiger charge is -2.35. The zero-order valence-electron chi connectivity index (χ0n) is 15.3. The lowest BCUT2D eigenvalue weighted by atomic mass is 9.93. The number of nitrogens with one attached hydrogen (secondary N) is 1. The van der Waals surface area contributed by atoms with Crippen molar-refractivity contribution in [3.8, 4) is 0 Å². The van der Waals surface area contributed by atoms with Gasteiger partial charge in [-0.1, -0.05) is 30.3 Å². The second-order valence-corrected chi connectivity index (χ2v) is 7.82. The van der Waals surface area contributed by atoms with E-state index in [4.69, 9.17) is 5.73 Å². The number of fused-ring (bicyclic) bond motifs is 1. The standard InChI is InChI=1S/C22H21N3O2S/c23-22(27)16-6-8-17(9-7-16)24-20(26)14-25-12-10-19-18(11-13-28-19)21(25)15-4-2-1-3-5-15/h1-9,11,13,21H,10,12,14H2,(H2,23,27)(H,24,26). The summed E-state index contributed by atoms with van der Waals surface area (Å²) < 4.78 is 0. The summed E-state index contributed by atoms with van der Waals surface area (Å²) >= 11 is 1.79. The topological polar surface area (TPSA) is 75.4 Å². The van der Waals surface area contributed by atoms with Gasteiger partial charge in [0.2, 0.25) is 11.8 Å². The van der Waals surface area contributed by atoms with Gasteiger partial charge in [-0.15, -0.1) is 11.3 Å². The van der Waals surface area contributed by atoms with Crippen molar-refractivity contribution in [2.75, 3.05) is 18.4 Å². The number of primary amides is 1. The van der Waals surface area contributed by atoms with Crippen molar-refractivity contribution in [3.05, 3.63) is 87.6 Å². The normalized spacial score (nSPS) is 16.4. The van der Waals surface area contributed by atoms with Gasteiger partial charge in [0.15, 0.2) is 0 Å². The van der Waals surface area contributed by atoms with E-state index in [1.165, 1.54) is 16.0 Å². The van der Waals surface area contributed by atoms with Gasteiger partial charge in [-0.05, 0) is 53.3 Å². The van der Waals surface area contributed by atoms with Gasteiger partial charge in [-0.3, -0.25) is 14.5 Å². The Hall–Kier alpha value is -2.96. The number of hydrogen-bond donors (Lipinski definition) is 2. The molecule has 0 aliphatic carbocycles. The summed E-state index contributed by atoms with van der Waals surface area (Å²) in [5.41, 5.74) is 8.82. The molecule has 2 amide bonds. The fourth-order valence-corrected chi connectivity index (χ4v) is 4.57. The molecule has 4 rings (SSSR count). The van der Waals surface area contributed by atoms with Crippen LogP contribution in [0.5, 0.6) is 0 Å². The molecule has 6 heteroatoms. The Bertz CT molecular complexity index is 983. The van der Waals surface area contributed by atoms with E-state index in [-0.39, 0.29) is 11.9 Å². The molecule has 0 radical (unpaired) electrons. The molecular weight excluding hydrogens is 370 g/mol. The highest BCUT2D eigenvalue weighted by molar-refractivity contribution is 7.10. The van der Waals surface area contributed by atoms with Crippen molar-refractivity contribution in [1.29, 1.82) is 0 Å². The monoisotopic (exact) mass is 391 g/mol. The SMILES string of the molecule is NC(=O)c1ccc(NC(=O)CN2CCc3sccc3C2c2ccccc2)cc1. The first kappa shape index (κ1) is 18.4. The molecule has 1 aliphatic heterocycles. The number of rotatable bonds is 5. The average molecular weight is 391 g/mol. The second-order valence-electron chi connectivity index (χ2n) is 6.82. The van der Waals surface area contributed by atoms with Crippen LogP contribution in [0.3, 0.4) is 0 Å². The highest BCUT2D eigenvalue weighted by atomic mass is 32.1. The summed E-state index contributed by atoms with van der Waals surface area (Å²) in [4.78, 5) is 27.5. The largest absolute Gasteiger partial charge is 0.366 e. The molecule has 3 aromatic rings. The Labute approximate surface area is 167 Å². The fraction of sp³-hybridized carbons (Fsp3) is 0.182. The van der Waals surface area contributed by atoms with Crippen molar-refractivity contribution in [2.45, 2.75) is 12.5 Å². The summed E-state index contributed by atoms with van der Waals surface area (Å²) in [6, 6.07) is 19.2. The summed E-state index contributed by atoms with van der Waals surface area (Å²) in [7, 11) is 0. The summed E-state index contributed by atoms with van der Waals surface area (Å²) in [5, 5.41) is 5.04. The van der Waals surface area contributed by atoms with Crippen LogP contribution in [0.4, 0.5) is 5.69 Å². The van der Waals surface area contributed by atoms with Gasteiger partial charge in [0.05, 0.1) is 12.6 Å². The molecule has 5 nitrogen and oxygen atoms in total. The first-order chi connectivity index (χ1) is 13.6. The van der Waals surface area contributed by atoms with Crippen LogP contribution in [0, 0.1) is 0 Å². The van der Waals surface area contributed by atoms with Gasteiger partial charge in [0.25, 0.3) is 0 Å². The van der Waals surface area contributed by atoms with E-state index in [9.17, 15) is 9.59 Å². The molecule has 1 aliphatic rings. The van der Waals surface area contributed by atoms with E-state index in [0.29, 0.717) is 17.8 Å². The molecular formula is C22H21N3O2S. The predicted molar refractivity (Wildman–Crippen MR) is 111 cm³/mol. The van der Waals surface area contributed by atoms with Crippen molar-refractivity contribution >= 4 is 28.8 Å². The van der Waals surface area contributed by atoms with E-state index in [2.05, 4.69) is 33.8 Å². The van der Waals surface area contributed by atoms with Gasteiger partial charge in [0.1, 0.15) is 0 Å². The van der Waals surface area contributed by atoms with Gasteiger partial charge < -0.3 is 11.1 Å². The van der Waals surface area contributed by atoms with E-state index < -0.39 is 5.91 Å². The van der Waals surface area contributed by atoms with E-state index in [1.54, 1.807) is 35.6 Å². The molecule has 2 heterocycles. The van der Waals surface area contributed by atoms with E-state index in [0.717, 1.165) is 13.0 Å².